The molecule has 0 saturated heterocycles. The van der Waals surface area contributed by atoms with Crippen molar-refractivity contribution < 1.29 is 18.7 Å². The Hall–Kier alpha value is -3.40. The Morgan fingerprint density at radius 3 is 2.59 bits per heavy atom. The van der Waals surface area contributed by atoms with Gasteiger partial charge in [0, 0.05) is 24.5 Å². The summed E-state index contributed by atoms with van der Waals surface area (Å²) in [4.78, 5) is 24.0. The first-order valence-corrected chi connectivity index (χ1v) is 9.32. The maximum atomic E-state index is 12.9. The number of amides is 1. The molecule has 0 radical (unpaired) electrons. The summed E-state index contributed by atoms with van der Waals surface area (Å²) in [6, 6.07) is 9.43. The molecule has 0 saturated carbocycles. The minimum absolute atomic E-state index is 0.173. The third-order valence-corrected chi connectivity index (χ3v) is 4.44. The first-order valence-electron chi connectivity index (χ1n) is 9.32. The van der Waals surface area contributed by atoms with Crippen LogP contribution in [0, 0.1) is 31.0 Å². The Labute approximate surface area is 169 Å². The number of aromatic nitrogens is 1. The Kier molecular flexibility index (Phi) is 7.72. The molecule has 7 heteroatoms. The molecule has 0 aliphatic carbocycles. The molecule has 2 aromatic rings. The molecule has 1 N–H and O–H groups in total. The van der Waals surface area contributed by atoms with Crippen LogP contribution < -0.4 is 5.32 Å². The Bertz CT molecular complexity index is 953. The fourth-order valence-corrected chi connectivity index (χ4v) is 2.90. The highest BCUT2D eigenvalue weighted by Crippen LogP contribution is 2.19. The summed E-state index contributed by atoms with van der Waals surface area (Å²) in [5, 5.41) is 11.9. The van der Waals surface area contributed by atoms with Gasteiger partial charge in [-0.25, -0.2) is 9.18 Å². The van der Waals surface area contributed by atoms with Gasteiger partial charge in [0.1, 0.15) is 17.5 Å². The molecule has 1 heterocycles. The van der Waals surface area contributed by atoms with Gasteiger partial charge in [0.25, 0.3) is 5.91 Å². The van der Waals surface area contributed by atoms with E-state index in [0.717, 1.165) is 29.9 Å². The average molecular weight is 397 g/mol. The lowest BCUT2D eigenvalue weighted by Crippen LogP contribution is -2.28. The maximum absolute atomic E-state index is 12.9. The third kappa shape index (κ3) is 6.04. The van der Waals surface area contributed by atoms with Crippen molar-refractivity contribution in [1.82, 2.24) is 9.88 Å². The SMILES string of the molecule is CCCn1c(C)cc(/C=C(\C#N)C(=O)OCC(=O)NCc2ccc(F)cc2)c1C. The molecule has 1 aromatic heterocycles. The lowest BCUT2D eigenvalue weighted by Gasteiger charge is -2.07. The quantitative estimate of drug-likeness (QED) is 0.420. The molecule has 6 nitrogen and oxygen atoms in total. The third-order valence-electron chi connectivity index (χ3n) is 4.44. The molecule has 1 aromatic carbocycles. The van der Waals surface area contributed by atoms with Crippen molar-refractivity contribution >= 4 is 18.0 Å². The number of halogens is 1. The van der Waals surface area contributed by atoms with Crippen LogP contribution in [0.15, 0.2) is 35.9 Å². The number of ether oxygens (including phenoxy) is 1. The van der Waals surface area contributed by atoms with Gasteiger partial charge in [0.15, 0.2) is 6.61 Å². The van der Waals surface area contributed by atoms with Crippen LogP contribution in [0.4, 0.5) is 4.39 Å². The summed E-state index contributed by atoms with van der Waals surface area (Å²) in [5.41, 5.74) is 3.31. The number of carbonyl (C=O) groups excluding carboxylic acids is 2. The molecule has 152 valence electrons. The number of nitrogens with one attached hydrogen (secondary N) is 1. The van der Waals surface area contributed by atoms with Gasteiger partial charge < -0.3 is 14.6 Å². The van der Waals surface area contributed by atoms with Crippen LogP contribution in [0.2, 0.25) is 0 Å². The highest BCUT2D eigenvalue weighted by Gasteiger charge is 2.15. The van der Waals surface area contributed by atoms with Gasteiger partial charge in [-0.2, -0.15) is 5.26 Å². The number of benzene rings is 1. The van der Waals surface area contributed by atoms with E-state index < -0.39 is 18.5 Å². The highest BCUT2D eigenvalue weighted by atomic mass is 19.1. The van der Waals surface area contributed by atoms with Crippen molar-refractivity contribution in [1.29, 1.82) is 5.26 Å². The van der Waals surface area contributed by atoms with Crippen LogP contribution >= 0.6 is 0 Å². The monoisotopic (exact) mass is 397 g/mol. The van der Waals surface area contributed by atoms with Crippen LogP contribution in [0.3, 0.4) is 0 Å². The van der Waals surface area contributed by atoms with Gasteiger partial charge in [-0.05, 0) is 55.7 Å². The summed E-state index contributed by atoms with van der Waals surface area (Å²) >= 11 is 0. The van der Waals surface area contributed by atoms with Gasteiger partial charge >= 0.3 is 5.97 Å². The van der Waals surface area contributed by atoms with Crippen molar-refractivity contribution in [3.8, 4) is 6.07 Å². The fraction of sp³-hybridized carbons (Fsp3) is 0.318. The molecule has 0 bridgehead atoms. The van der Waals surface area contributed by atoms with Gasteiger partial charge in [-0.3, -0.25) is 4.79 Å². The zero-order valence-corrected chi connectivity index (χ0v) is 16.8. The fourth-order valence-electron chi connectivity index (χ4n) is 2.90. The second-order valence-electron chi connectivity index (χ2n) is 6.63. The number of hydrogen-bond donors (Lipinski definition) is 1. The lowest BCUT2D eigenvalue weighted by atomic mass is 10.1. The Morgan fingerprint density at radius 2 is 1.97 bits per heavy atom. The normalized spacial score (nSPS) is 11.1. The van der Waals surface area contributed by atoms with Crippen LogP contribution in [0.25, 0.3) is 6.08 Å². The first kappa shape index (κ1) is 21.9. The number of esters is 1. The molecule has 0 spiro atoms. The van der Waals surface area contributed by atoms with E-state index in [9.17, 15) is 19.2 Å². The first-order chi connectivity index (χ1) is 13.8. The largest absolute Gasteiger partial charge is 0.451 e. The molecule has 2 rings (SSSR count). The molecular weight excluding hydrogens is 373 g/mol. The minimum atomic E-state index is -0.857. The van der Waals surface area contributed by atoms with Crippen molar-refractivity contribution in [2.45, 2.75) is 40.3 Å². The summed E-state index contributed by atoms with van der Waals surface area (Å²) < 4.78 is 19.9. The van der Waals surface area contributed by atoms with Gasteiger partial charge in [-0.1, -0.05) is 19.1 Å². The van der Waals surface area contributed by atoms with Crippen molar-refractivity contribution in [2.24, 2.45) is 0 Å². The second kappa shape index (κ2) is 10.2. The molecule has 0 fully saturated rings. The van der Waals surface area contributed by atoms with Crippen molar-refractivity contribution in [3.05, 3.63) is 64.2 Å². The number of rotatable bonds is 8. The van der Waals surface area contributed by atoms with E-state index in [1.54, 1.807) is 12.1 Å². The van der Waals surface area contributed by atoms with E-state index in [1.807, 2.05) is 26.0 Å². The highest BCUT2D eigenvalue weighted by molar-refractivity contribution is 5.99. The summed E-state index contributed by atoms with van der Waals surface area (Å²) in [6.45, 7) is 6.50. The number of hydrogen-bond acceptors (Lipinski definition) is 4. The second-order valence-corrected chi connectivity index (χ2v) is 6.63. The van der Waals surface area contributed by atoms with E-state index in [1.165, 1.54) is 18.2 Å². The number of nitrogens with zero attached hydrogens (tertiary/aromatic N) is 2. The van der Waals surface area contributed by atoms with Crippen molar-refractivity contribution in [2.75, 3.05) is 6.61 Å². The molecule has 1 amide bonds. The standard InChI is InChI=1S/C22H24FN3O3/c1-4-9-26-15(2)10-18(16(26)3)11-19(12-24)22(28)29-14-21(27)25-13-17-5-7-20(23)8-6-17/h5-8,10-11H,4,9,13-14H2,1-3H3,(H,25,27)/b19-11+. The van der Waals surface area contributed by atoms with E-state index in [4.69, 9.17) is 4.74 Å². The molecule has 0 aliphatic heterocycles. The molecule has 29 heavy (non-hydrogen) atoms. The smallest absolute Gasteiger partial charge is 0.349 e. The topological polar surface area (TPSA) is 84.1 Å². The molecular formula is C22H24FN3O3. The maximum Gasteiger partial charge on any atom is 0.349 e. The van der Waals surface area contributed by atoms with Crippen LogP contribution in [-0.4, -0.2) is 23.1 Å². The minimum Gasteiger partial charge on any atom is -0.451 e. The molecule has 0 unspecified atom stereocenters. The van der Waals surface area contributed by atoms with E-state index in [2.05, 4.69) is 16.8 Å². The predicted molar refractivity (Wildman–Crippen MR) is 107 cm³/mol. The van der Waals surface area contributed by atoms with E-state index >= 15 is 0 Å². The van der Waals surface area contributed by atoms with Gasteiger partial charge in [-0.15, -0.1) is 0 Å². The average Bonchev–Trinajstić information content (AvgIpc) is 2.97. The van der Waals surface area contributed by atoms with Gasteiger partial charge in [0.2, 0.25) is 0 Å². The van der Waals surface area contributed by atoms with E-state index in [-0.39, 0.29) is 17.9 Å². The molecule has 0 aliphatic rings. The van der Waals surface area contributed by atoms with Crippen LogP contribution in [-0.2, 0) is 27.4 Å². The van der Waals surface area contributed by atoms with Crippen LogP contribution in [0.5, 0.6) is 0 Å². The lowest BCUT2D eigenvalue weighted by molar-refractivity contribution is -0.144. The van der Waals surface area contributed by atoms with Gasteiger partial charge in [0.05, 0.1) is 0 Å². The number of aryl methyl sites for hydroxylation is 1. The predicted octanol–water partition coefficient (Wildman–Crippen LogP) is 3.42. The zero-order valence-electron chi connectivity index (χ0n) is 16.8. The van der Waals surface area contributed by atoms with E-state index in [0.29, 0.717) is 5.56 Å². The number of nitriles is 1. The Morgan fingerprint density at radius 1 is 1.28 bits per heavy atom. The zero-order chi connectivity index (χ0) is 21.4. The number of carbonyl (C=O) groups is 2. The summed E-state index contributed by atoms with van der Waals surface area (Å²) in [7, 11) is 0. The Balaban J connectivity index is 1.95. The summed E-state index contributed by atoms with van der Waals surface area (Å²) in [6.07, 6.45) is 2.45. The molecule has 0 atom stereocenters. The van der Waals surface area contributed by atoms with Crippen LogP contribution in [0.1, 0.15) is 35.9 Å². The summed E-state index contributed by atoms with van der Waals surface area (Å²) in [5.74, 6) is -1.73. The van der Waals surface area contributed by atoms with Crippen molar-refractivity contribution in [3.63, 3.8) is 0 Å².